The maximum absolute atomic E-state index is 11.8. The van der Waals surface area contributed by atoms with Crippen LogP contribution in [-0.4, -0.2) is 31.7 Å². The summed E-state index contributed by atoms with van der Waals surface area (Å²) in [6.45, 7) is 1.85. The van der Waals surface area contributed by atoms with E-state index in [0.29, 0.717) is 21.8 Å². The Labute approximate surface area is 135 Å². The summed E-state index contributed by atoms with van der Waals surface area (Å²) in [7, 11) is 0. The van der Waals surface area contributed by atoms with Crippen molar-refractivity contribution in [2.45, 2.75) is 31.8 Å². The molecule has 0 radical (unpaired) electrons. The quantitative estimate of drug-likeness (QED) is 0.785. The number of nitrogens with one attached hydrogen (secondary N) is 2. The summed E-state index contributed by atoms with van der Waals surface area (Å²) in [5.41, 5.74) is 0.461. The van der Waals surface area contributed by atoms with Crippen molar-refractivity contribution in [1.82, 2.24) is 5.32 Å². The van der Waals surface area contributed by atoms with Gasteiger partial charge in [-0.2, -0.15) is 0 Å². The van der Waals surface area contributed by atoms with Crippen molar-refractivity contribution >= 4 is 34.8 Å². The molecule has 1 aromatic carbocycles. The number of anilines is 1. The molecule has 2 N–H and O–H groups in total. The lowest BCUT2D eigenvalue weighted by Gasteiger charge is -2.22. The molecule has 2 rings (SSSR count). The van der Waals surface area contributed by atoms with Gasteiger partial charge in [0.2, 0.25) is 5.91 Å². The van der Waals surface area contributed by atoms with Crippen LogP contribution >= 0.6 is 23.2 Å². The lowest BCUT2D eigenvalue weighted by atomic mass is 10.1. The smallest absolute Gasteiger partial charge is 0.238 e. The number of rotatable bonds is 6. The zero-order chi connectivity index (χ0) is 15.1. The maximum atomic E-state index is 11.8. The van der Waals surface area contributed by atoms with Crippen LogP contribution in [0.3, 0.4) is 0 Å². The molecular formula is C15H20Cl2N2O2. The average Bonchev–Trinajstić information content (AvgIpc) is 2.49. The molecule has 0 spiro atoms. The number of hydrogen-bond donors (Lipinski definition) is 2. The number of carbonyl (C=O) groups excluding carboxylic acids is 1. The Hall–Kier alpha value is -0.810. The highest BCUT2D eigenvalue weighted by Gasteiger charge is 2.13. The van der Waals surface area contributed by atoms with E-state index in [-0.39, 0.29) is 12.5 Å². The summed E-state index contributed by atoms with van der Waals surface area (Å²) in [4.78, 5) is 11.8. The zero-order valence-electron chi connectivity index (χ0n) is 11.8. The van der Waals surface area contributed by atoms with E-state index in [0.717, 1.165) is 32.4 Å². The van der Waals surface area contributed by atoms with Crippen LogP contribution in [0.2, 0.25) is 10.0 Å². The van der Waals surface area contributed by atoms with Gasteiger partial charge in [-0.15, -0.1) is 0 Å². The fraction of sp³-hybridized carbons (Fsp3) is 0.533. The third-order valence-electron chi connectivity index (χ3n) is 3.43. The molecule has 0 saturated carbocycles. The van der Waals surface area contributed by atoms with E-state index in [1.165, 1.54) is 6.42 Å². The Bertz CT molecular complexity index is 456. The van der Waals surface area contributed by atoms with Crippen LogP contribution in [0, 0.1) is 0 Å². The standard InChI is InChI=1S/C15H20Cl2N2O2/c16-12-5-3-6-13(17)15(12)19-14(20)10-18-8-7-11-4-1-2-9-21-11/h3,5-6,11,18H,1-2,4,7-10H2,(H,19,20). The van der Waals surface area contributed by atoms with Crippen LogP contribution in [0.1, 0.15) is 25.7 Å². The number of ether oxygens (including phenoxy) is 1. The van der Waals surface area contributed by atoms with Crippen molar-refractivity contribution in [1.29, 1.82) is 0 Å². The van der Waals surface area contributed by atoms with Gasteiger partial charge in [0.1, 0.15) is 0 Å². The number of amides is 1. The summed E-state index contributed by atoms with van der Waals surface area (Å²) < 4.78 is 5.64. The molecular weight excluding hydrogens is 311 g/mol. The molecule has 1 aliphatic heterocycles. The van der Waals surface area contributed by atoms with Gasteiger partial charge in [-0.05, 0) is 44.4 Å². The minimum Gasteiger partial charge on any atom is -0.378 e. The molecule has 1 unspecified atom stereocenters. The van der Waals surface area contributed by atoms with Gasteiger partial charge < -0.3 is 15.4 Å². The Morgan fingerprint density at radius 1 is 1.29 bits per heavy atom. The summed E-state index contributed by atoms with van der Waals surface area (Å²) in [5, 5.41) is 6.71. The number of carbonyl (C=O) groups is 1. The second-order valence-electron chi connectivity index (χ2n) is 5.10. The molecule has 1 aliphatic rings. The Kier molecular flexibility index (Phi) is 6.77. The molecule has 0 bridgehead atoms. The van der Waals surface area contributed by atoms with Crippen LogP contribution in [0.4, 0.5) is 5.69 Å². The molecule has 1 saturated heterocycles. The first-order valence-electron chi connectivity index (χ1n) is 7.23. The summed E-state index contributed by atoms with van der Waals surface area (Å²) in [5.74, 6) is -0.158. The third-order valence-corrected chi connectivity index (χ3v) is 4.06. The number of para-hydroxylation sites is 1. The molecule has 1 amide bonds. The SMILES string of the molecule is O=C(CNCCC1CCCCO1)Nc1c(Cl)cccc1Cl. The highest BCUT2D eigenvalue weighted by atomic mass is 35.5. The van der Waals surface area contributed by atoms with Crippen LogP contribution < -0.4 is 10.6 Å². The highest BCUT2D eigenvalue weighted by molar-refractivity contribution is 6.39. The lowest BCUT2D eigenvalue weighted by molar-refractivity contribution is -0.115. The van der Waals surface area contributed by atoms with E-state index in [1.54, 1.807) is 18.2 Å². The van der Waals surface area contributed by atoms with E-state index < -0.39 is 0 Å². The van der Waals surface area contributed by atoms with Crippen LogP contribution in [-0.2, 0) is 9.53 Å². The molecule has 0 aliphatic carbocycles. The van der Waals surface area contributed by atoms with Crippen LogP contribution in [0.25, 0.3) is 0 Å². The third kappa shape index (κ3) is 5.47. The van der Waals surface area contributed by atoms with Crippen molar-refractivity contribution < 1.29 is 9.53 Å². The minimum atomic E-state index is -0.158. The van der Waals surface area contributed by atoms with E-state index >= 15 is 0 Å². The molecule has 116 valence electrons. The molecule has 1 fully saturated rings. The summed E-state index contributed by atoms with van der Waals surface area (Å²) >= 11 is 12.0. The number of benzene rings is 1. The fourth-order valence-electron chi connectivity index (χ4n) is 2.30. The van der Waals surface area contributed by atoms with Crippen molar-refractivity contribution in [3.63, 3.8) is 0 Å². The van der Waals surface area contributed by atoms with E-state index in [2.05, 4.69) is 10.6 Å². The van der Waals surface area contributed by atoms with Crippen LogP contribution in [0.15, 0.2) is 18.2 Å². The van der Waals surface area contributed by atoms with E-state index in [4.69, 9.17) is 27.9 Å². The number of halogens is 2. The summed E-state index contributed by atoms with van der Waals surface area (Å²) in [6.07, 6.45) is 4.76. The first kappa shape index (κ1) is 16.6. The Morgan fingerprint density at radius 2 is 2.05 bits per heavy atom. The van der Waals surface area contributed by atoms with E-state index in [9.17, 15) is 4.79 Å². The maximum Gasteiger partial charge on any atom is 0.238 e. The highest BCUT2D eigenvalue weighted by Crippen LogP contribution is 2.29. The predicted molar refractivity (Wildman–Crippen MR) is 86.2 cm³/mol. The number of hydrogen-bond acceptors (Lipinski definition) is 3. The predicted octanol–water partition coefficient (Wildman–Crippen LogP) is 3.48. The van der Waals surface area contributed by atoms with Crippen molar-refractivity contribution in [2.75, 3.05) is 25.0 Å². The first-order valence-corrected chi connectivity index (χ1v) is 7.98. The minimum absolute atomic E-state index is 0.158. The molecule has 1 atom stereocenters. The van der Waals surface area contributed by atoms with Crippen LogP contribution in [0.5, 0.6) is 0 Å². The van der Waals surface area contributed by atoms with E-state index in [1.807, 2.05) is 0 Å². The van der Waals surface area contributed by atoms with Gasteiger partial charge in [0, 0.05) is 6.61 Å². The van der Waals surface area contributed by atoms with Gasteiger partial charge in [0.05, 0.1) is 28.4 Å². The first-order chi connectivity index (χ1) is 10.2. The Morgan fingerprint density at radius 3 is 2.71 bits per heavy atom. The Balaban J connectivity index is 1.67. The molecule has 1 heterocycles. The molecule has 6 heteroatoms. The van der Waals surface area contributed by atoms with Gasteiger partial charge in [0.25, 0.3) is 0 Å². The monoisotopic (exact) mass is 330 g/mol. The molecule has 21 heavy (non-hydrogen) atoms. The van der Waals surface area contributed by atoms with Gasteiger partial charge in [-0.1, -0.05) is 29.3 Å². The second-order valence-corrected chi connectivity index (χ2v) is 5.91. The molecule has 1 aromatic rings. The lowest BCUT2D eigenvalue weighted by Crippen LogP contribution is -2.31. The normalized spacial score (nSPS) is 18.5. The molecule has 0 aromatic heterocycles. The van der Waals surface area contributed by atoms with Crippen molar-refractivity contribution in [2.24, 2.45) is 0 Å². The average molecular weight is 331 g/mol. The fourth-order valence-corrected chi connectivity index (χ4v) is 2.79. The zero-order valence-corrected chi connectivity index (χ0v) is 13.3. The molecule has 4 nitrogen and oxygen atoms in total. The van der Waals surface area contributed by atoms with Gasteiger partial charge >= 0.3 is 0 Å². The van der Waals surface area contributed by atoms with Gasteiger partial charge in [-0.25, -0.2) is 0 Å². The van der Waals surface area contributed by atoms with Crippen molar-refractivity contribution in [3.05, 3.63) is 28.2 Å². The van der Waals surface area contributed by atoms with Gasteiger partial charge in [0.15, 0.2) is 0 Å². The van der Waals surface area contributed by atoms with Crippen molar-refractivity contribution in [3.8, 4) is 0 Å². The summed E-state index contributed by atoms with van der Waals surface area (Å²) in [6, 6.07) is 5.12. The van der Waals surface area contributed by atoms with Gasteiger partial charge in [-0.3, -0.25) is 4.79 Å². The largest absolute Gasteiger partial charge is 0.378 e. The topological polar surface area (TPSA) is 50.4 Å². The second kappa shape index (κ2) is 8.59.